The van der Waals surface area contributed by atoms with Gasteiger partial charge in [0.05, 0.1) is 0 Å². The lowest BCUT2D eigenvalue weighted by Crippen LogP contribution is -2.01. The van der Waals surface area contributed by atoms with Crippen molar-refractivity contribution in [3.8, 4) is 0 Å². The third-order valence-corrected chi connectivity index (χ3v) is 3.07. The highest BCUT2D eigenvalue weighted by molar-refractivity contribution is 4.46. The predicted molar refractivity (Wildman–Crippen MR) is 81.8 cm³/mol. The van der Waals surface area contributed by atoms with E-state index in [-0.39, 0.29) is 0 Å². The van der Waals surface area contributed by atoms with E-state index in [0.29, 0.717) is 13.6 Å². The Hall–Kier alpha value is -0.160. The molecule has 0 aliphatic carbocycles. The van der Waals surface area contributed by atoms with Crippen molar-refractivity contribution in [2.75, 3.05) is 40.0 Å². The summed E-state index contributed by atoms with van der Waals surface area (Å²) in [5.41, 5.74) is 0. The maximum atomic E-state index is 5.33. The average Bonchev–Trinajstić information content (AvgIpc) is 2.47. The van der Waals surface area contributed by atoms with Crippen LogP contribution in [0.3, 0.4) is 0 Å². The lowest BCUT2D eigenvalue weighted by Gasteiger charge is -2.05. The Morgan fingerprint density at radius 3 is 1.15 bits per heavy atom. The molecule has 0 aromatic rings. The van der Waals surface area contributed by atoms with Gasteiger partial charge in [0.2, 0.25) is 0 Å². The molecule has 4 nitrogen and oxygen atoms in total. The molecule has 4 heteroatoms. The molecule has 0 amide bonds. The van der Waals surface area contributed by atoms with Crippen LogP contribution in [0.15, 0.2) is 0 Å². The summed E-state index contributed by atoms with van der Waals surface area (Å²) >= 11 is 0. The van der Waals surface area contributed by atoms with E-state index in [1.807, 2.05) is 13.8 Å². The van der Waals surface area contributed by atoms with Gasteiger partial charge < -0.3 is 18.9 Å². The average molecular weight is 290 g/mol. The second kappa shape index (κ2) is 18.8. The SMILES string of the molecule is CCOCOCCCCCCCCCCOCOCC. The van der Waals surface area contributed by atoms with E-state index in [2.05, 4.69) is 0 Å². The molecule has 0 rings (SSSR count). The molecule has 0 aromatic heterocycles. The Morgan fingerprint density at radius 1 is 0.450 bits per heavy atom. The summed E-state index contributed by atoms with van der Waals surface area (Å²) in [6.07, 6.45) is 10.2. The van der Waals surface area contributed by atoms with Crippen molar-refractivity contribution < 1.29 is 18.9 Å². The van der Waals surface area contributed by atoms with Gasteiger partial charge in [-0.05, 0) is 26.7 Å². The maximum Gasteiger partial charge on any atom is 0.146 e. The number of ether oxygens (including phenoxy) is 4. The summed E-state index contributed by atoms with van der Waals surface area (Å²) < 4.78 is 20.9. The zero-order chi connectivity index (χ0) is 14.7. The van der Waals surface area contributed by atoms with Gasteiger partial charge in [0.15, 0.2) is 0 Å². The molecule has 0 heterocycles. The number of rotatable bonds is 17. The van der Waals surface area contributed by atoms with Gasteiger partial charge in [-0.15, -0.1) is 0 Å². The van der Waals surface area contributed by atoms with Crippen LogP contribution in [0.2, 0.25) is 0 Å². The van der Waals surface area contributed by atoms with Crippen molar-refractivity contribution in [2.45, 2.75) is 65.2 Å². The van der Waals surface area contributed by atoms with E-state index in [1.165, 1.54) is 38.5 Å². The zero-order valence-corrected chi connectivity index (χ0v) is 13.5. The molecule has 0 N–H and O–H groups in total. The molecule has 20 heavy (non-hydrogen) atoms. The van der Waals surface area contributed by atoms with E-state index in [4.69, 9.17) is 18.9 Å². The Kier molecular flexibility index (Phi) is 18.7. The smallest absolute Gasteiger partial charge is 0.146 e. The molecule has 0 bridgehead atoms. The van der Waals surface area contributed by atoms with Crippen LogP contribution in [0.5, 0.6) is 0 Å². The van der Waals surface area contributed by atoms with E-state index >= 15 is 0 Å². The van der Waals surface area contributed by atoms with Gasteiger partial charge in [0.1, 0.15) is 13.6 Å². The van der Waals surface area contributed by atoms with Crippen LogP contribution in [-0.4, -0.2) is 40.0 Å². The summed E-state index contributed by atoms with van der Waals surface area (Å²) in [5.74, 6) is 0. The van der Waals surface area contributed by atoms with Crippen LogP contribution in [0.4, 0.5) is 0 Å². The molecule has 0 fully saturated rings. The topological polar surface area (TPSA) is 36.9 Å². The van der Waals surface area contributed by atoms with Crippen LogP contribution in [0.1, 0.15) is 65.2 Å². The highest BCUT2D eigenvalue weighted by Crippen LogP contribution is 2.08. The van der Waals surface area contributed by atoms with Crippen molar-refractivity contribution in [2.24, 2.45) is 0 Å². The number of hydrogen-bond donors (Lipinski definition) is 0. The molecular weight excluding hydrogens is 256 g/mol. The lowest BCUT2D eigenvalue weighted by atomic mass is 10.1. The molecule has 0 saturated heterocycles. The predicted octanol–water partition coefficient (Wildman–Crippen LogP) is 4.13. The van der Waals surface area contributed by atoms with E-state index in [9.17, 15) is 0 Å². The van der Waals surface area contributed by atoms with Gasteiger partial charge in [-0.25, -0.2) is 0 Å². The second-order valence-corrected chi connectivity index (χ2v) is 4.87. The highest BCUT2D eigenvalue weighted by Gasteiger charge is 1.94. The standard InChI is InChI=1S/C16H34O4/c1-3-17-15-19-13-11-9-7-5-6-8-10-12-14-20-16-18-4-2/h3-16H2,1-2H3. The Balaban J connectivity index is 2.89. The fourth-order valence-electron chi connectivity index (χ4n) is 1.87. The minimum absolute atomic E-state index is 0.446. The number of unbranched alkanes of at least 4 members (excludes halogenated alkanes) is 7. The maximum absolute atomic E-state index is 5.33. The summed E-state index contributed by atoms with van der Waals surface area (Å²) in [5, 5.41) is 0. The van der Waals surface area contributed by atoms with Crippen molar-refractivity contribution in [3.63, 3.8) is 0 Å². The van der Waals surface area contributed by atoms with Crippen LogP contribution >= 0.6 is 0 Å². The summed E-state index contributed by atoms with van der Waals surface area (Å²) in [7, 11) is 0. The second-order valence-electron chi connectivity index (χ2n) is 4.87. The van der Waals surface area contributed by atoms with Gasteiger partial charge >= 0.3 is 0 Å². The Morgan fingerprint density at radius 2 is 0.800 bits per heavy atom. The zero-order valence-electron chi connectivity index (χ0n) is 13.5. The third kappa shape index (κ3) is 17.8. The van der Waals surface area contributed by atoms with Crippen LogP contribution in [0, 0.1) is 0 Å². The van der Waals surface area contributed by atoms with Gasteiger partial charge in [0.25, 0.3) is 0 Å². The van der Waals surface area contributed by atoms with E-state index in [1.54, 1.807) is 0 Å². The van der Waals surface area contributed by atoms with Crippen molar-refractivity contribution in [3.05, 3.63) is 0 Å². The Labute approximate surface area is 125 Å². The fraction of sp³-hybridized carbons (Fsp3) is 1.00. The van der Waals surface area contributed by atoms with E-state index < -0.39 is 0 Å². The molecule has 0 unspecified atom stereocenters. The summed E-state index contributed by atoms with van der Waals surface area (Å²) in [4.78, 5) is 0. The molecular formula is C16H34O4. The first-order chi connectivity index (χ1) is 9.91. The quantitative estimate of drug-likeness (QED) is 0.298. The van der Waals surface area contributed by atoms with Crippen LogP contribution in [0.25, 0.3) is 0 Å². The summed E-state index contributed by atoms with van der Waals surface area (Å²) in [6.45, 7) is 7.98. The number of hydrogen-bond acceptors (Lipinski definition) is 4. The molecule has 0 spiro atoms. The molecule has 0 aliphatic rings. The largest absolute Gasteiger partial charge is 0.356 e. The van der Waals surface area contributed by atoms with E-state index in [0.717, 1.165) is 39.3 Å². The van der Waals surface area contributed by atoms with Gasteiger partial charge in [0, 0.05) is 26.4 Å². The van der Waals surface area contributed by atoms with Gasteiger partial charge in [-0.3, -0.25) is 0 Å². The third-order valence-electron chi connectivity index (χ3n) is 3.07. The fourth-order valence-corrected chi connectivity index (χ4v) is 1.87. The molecule has 0 aromatic carbocycles. The normalized spacial score (nSPS) is 11.1. The minimum atomic E-state index is 0.446. The monoisotopic (exact) mass is 290 g/mol. The lowest BCUT2D eigenvalue weighted by molar-refractivity contribution is -0.0505. The molecule has 0 aliphatic heterocycles. The first kappa shape index (κ1) is 19.8. The van der Waals surface area contributed by atoms with Gasteiger partial charge in [-0.2, -0.15) is 0 Å². The first-order valence-corrected chi connectivity index (χ1v) is 8.22. The van der Waals surface area contributed by atoms with Gasteiger partial charge in [-0.1, -0.05) is 38.5 Å². The van der Waals surface area contributed by atoms with Crippen LogP contribution < -0.4 is 0 Å². The minimum Gasteiger partial charge on any atom is -0.356 e. The molecule has 0 atom stereocenters. The first-order valence-electron chi connectivity index (χ1n) is 8.22. The van der Waals surface area contributed by atoms with Crippen molar-refractivity contribution in [1.82, 2.24) is 0 Å². The molecule has 0 saturated carbocycles. The molecule has 0 radical (unpaired) electrons. The highest BCUT2D eigenvalue weighted by atomic mass is 16.7. The van der Waals surface area contributed by atoms with Crippen molar-refractivity contribution in [1.29, 1.82) is 0 Å². The summed E-state index contributed by atoms with van der Waals surface area (Å²) in [6, 6.07) is 0. The molecule has 122 valence electrons. The van der Waals surface area contributed by atoms with Crippen LogP contribution in [-0.2, 0) is 18.9 Å². The Bertz CT molecular complexity index is 147. The van der Waals surface area contributed by atoms with Crippen molar-refractivity contribution >= 4 is 0 Å².